The molecule has 230 valence electrons. The molecule has 46 heavy (non-hydrogen) atoms. The van der Waals surface area contributed by atoms with Gasteiger partial charge in [-0.3, -0.25) is 4.79 Å². The normalized spacial score (nSPS) is 14.4. The van der Waals surface area contributed by atoms with Gasteiger partial charge >= 0.3 is 0 Å². The number of nitrogens with zero attached hydrogens (tertiary/aromatic N) is 3. The number of rotatable bonds is 7. The van der Waals surface area contributed by atoms with Gasteiger partial charge in [-0.15, -0.1) is 0 Å². The monoisotopic (exact) mass is 628 g/mol. The number of hydrogen-bond donors (Lipinski definition) is 1. The fourth-order valence-corrected chi connectivity index (χ4v) is 7.06. The Bertz CT molecular complexity index is 1870. The van der Waals surface area contributed by atoms with Crippen LogP contribution in [0, 0.1) is 11.7 Å². The number of nitrogens with one attached hydrogen (secondary N) is 1. The van der Waals surface area contributed by atoms with Crippen molar-refractivity contribution < 1.29 is 9.18 Å². The van der Waals surface area contributed by atoms with Crippen LogP contribution >= 0.6 is 11.6 Å². The summed E-state index contributed by atoms with van der Waals surface area (Å²) in [7, 11) is 2.08. The maximum atomic E-state index is 15.2. The summed E-state index contributed by atoms with van der Waals surface area (Å²) in [5.74, 6) is -0.162. The molecule has 0 bridgehead atoms. The first-order chi connectivity index (χ1) is 22.5. The molecule has 1 fully saturated rings. The van der Waals surface area contributed by atoms with E-state index in [4.69, 9.17) is 16.7 Å². The van der Waals surface area contributed by atoms with Crippen molar-refractivity contribution in [2.75, 3.05) is 25.5 Å². The number of piperidine rings is 1. The minimum atomic E-state index is -0.907. The lowest BCUT2D eigenvalue weighted by molar-refractivity contribution is -0.121. The molecule has 1 saturated heterocycles. The first-order valence-electron chi connectivity index (χ1n) is 15.6. The van der Waals surface area contributed by atoms with Crippen LogP contribution in [0.2, 0.25) is 5.02 Å². The molecular formula is C39H34ClFN4O. The second kappa shape index (κ2) is 12.5. The minimum Gasteiger partial charge on any atom is -0.308 e. The molecule has 1 aliphatic rings. The Balaban J connectivity index is 1.51. The summed E-state index contributed by atoms with van der Waals surface area (Å²) in [6.45, 7) is 1.73. The molecule has 1 aromatic heterocycles. The van der Waals surface area contributed by atoms with Crippen molar-refractivity contribution in [3.05, 3.63) is 155 Å². The highest BCUT2D eigenvalue weighted by atomic mass is 35.5. The van der Waals surface area contributed by atoms with Gasteiger partial charge in [-0.05, 0) is 79.5 Å². The van der Waals surface area contributed by atoms with Crippen molar-refractivity contribution in [3.8, 4) is 11.1 Å². The zero-order chi connectivity index (χ0) is 31.7. The number of hydrogen-bond acceptors (Lipinski definition) is 3. The average molecular weight is 629 g/mol. The van der Waals surface area contributed by atoms with Crippen LogP contribution in [0.15, 0.2) is 127 Å². The van der Waals surface area contributed by atoms with Gasteiger partial charge in [0.2, 0.25) is 5.91 Å². The van der Waals surface area contributed by atoms with Crippen LogP contribution in [0.3, 0.4) is 0 Å². The van der Waals surface area contributed by atoms with Crippen LogP contribution in [-0.4, -0.2) is 40.7 Å². The van der Waals surface area contributed by atoms with Gasteiger partial charge in [0.25, 0.3) is 0 Å². The van der Waals surface area contributed by atoms with E-state index in [-0.39, 0.29) is 11.8 Å². The predicted molar refractivity (Wildman–Crippen MR) is 184 cm³/mol. The third-order valence-corrected chi connectivity index (χ3v) is 9.47. The fourth-order valence-electron chi connectivity index (χ4n) is 6.79. The highest BCUT2D eigenvalue weighted by molar-refractivity contribution is 6.33. The SMILES string of the molecule is CN1CCC(C(=O)Nc2nn(C(c3ccccc3)(c3ccccc3)c3ccccc3)c3ccc(-c4c(F)cccc4Cl)cc23)CC1. The van der Waals surface area contributed by atoms with E-state index in [1.807, 2.05) is 77.5 Å². The highest BCUT2D eigenvalue weighted by Crippen LogP contribution is 2.44. The molecule has 1 N–H and O–H groups in total. The molecule has 0 unspecified atom stereocenters. The smallest absolute Gasteiger partial charge is 0.228 e. The van der Waals surface area contributed by atoms with Gasteiger partial charge in [0.15, 0.2) is 5.82 Å². The van der Waals surface area contributed by atoms with E-state index >= 15 is 4.39 Å². The van der Waals surface area contributed by atoms with Gasteiger partial charge in [-0.1, -0.05) is 115 Å². The first kappa shape index (κ1) is 29.9. The second-order valence-electron chi connectivity index (χ2n) is 12.0. The summed E-state index contributed by atoms with van der Waals surface area (Å²) in [5.41, 5.74) is 3.81. The topological polar surface area (TPSA) is 50.2 Å². The van der Waals surface area contributed by atoms with Crippen LogP contribution in [0.25, 0.3) is 22.0 Å². The van der Waals surface area contributed by atoms with E-state index in [0.717, 1.165) is 48.1 Å². The molecule has 1 aliphatic heterocycles. The number of anilines is 1. The van der Waals surface area contributed by atoms with E-state index in [1.165, 1.54) is 6.07 Å². The molecule has 0 atom stereocenters. The molecule has 0 saturated carbocycles. The van der Waals surface area contributed by atoms with Crippen LogP contribution in [0.1, 0.15) is 29.5 Å². The summed E-state index contributed by atoms with van der Waals surface area (Å²) in [6, 6.07) is 41.2. The van der Waals surface area contributed by atoms with E-state index in [0.29, 0.717) is 27.4 Å². The number of likely N-dealkylation sites (tertiary alicyclic amines) is 1. The third-order valence-electron chi connectivity index (χ3n) is 9.15. The number of halogens is 2. The van der Waals surface area contributed by atoms with Crippen molar-refractivity contribution in [2.45, 2.75) is 18.4 Å². The molecule has 0 spiro atoms. The van der Waals surface area contributed by atoms with Crippen molar-refractivity contribution in [1.82, 2.24) is 14.7 Å². The van der Waals surface area contributed by atoms with Gasteiger partial charge in [0.1, 0.15) is 11.4 Å². The maximum Gasteiger partial charge on any atom is 0.228 e. The van der Waals surface area contributed by atoms with Gasteiger partial charge in [0.05, 0.1) is 10.5 Å². The van der Waals surface area contributed by atoms with E-state index in [9.17, 15) is 4.79 Å². The first-order valence-corrected chi connectivity index (χ1v) is 16.0. The molecule has 1 amide bonds. The number of amides is 1. The van der Waals surface area contributed by atoms with E-state index in [1.54, 1.807) is 12.1 Å². The lowest BCUT2D eigenvalue weighted by Crippen LogP contribution is -2.39. The summed E-state index contributed by atoms with van der Waals surface area (Å²) in [5, 5.41) is 9.49. The quantitative estimate of drug-likeness (QED) is 0.180. The van der Waals surface area contributed by atoms with Gasteiger partial charge in [-0.25, -0.2) is 9.07 Å². The average Bonchev–Trinajstić information content (AvgIpc) is 3.44. The molecule has 7 heteroatoms. The van der Waals surface area contributed by atoms with Gasteiger partial charge in [0, 0.05) is 16.9 Å². The lowest BCUT2D eigenvalue weighted by Gasteiger charge is -2.37. The Morgan fingerprint density at radius 3 is 1.91 bits per heavy atom. The third kappa shape index (κ3) is 5.27. The molecule has 5 aromatic carbocycles. The largest absolute Gasteiger partial charge is 0.308 e. The van der Waals surface area contributed by atoms with Crippen LogP contribution in [-0.2, 0) is 10.3 Å². The Hall–Kier alpha value is -4.78. The van der Waals surface area contributed by atoms with Crippen molar-refractivity contribution in [2.24, 2.45) is 5.92 Å². The van der Waals surface area contributed by atoms with Crippen LogP contribution in [0.5, 0.6) is 0 Å². The predicted octanol–water partition coefficient (Wildman–Crippen LogP) is 8.62. The van der Waals surface area contributed by atoms with Crippen molar-refractivity contribution in [1.29, 1.82) is 0 Å². The van der Waals surface area contributed by atoms with Crippen LogP contribution < -0.4 is 5.32 Å². The Morgan fingerprint density at radius 1 is 0.804 bits per heavy atom. The highest BCUT2D eigenvalue weighted by Gasteiger charge is 2.41. The summed E-state index contributed by atoms with van der Waals surface area (Å²) in [4.78, 5) is 16.0. The number of carbonyl (C=O) groups excluding carboxylic acids is 1. The lowest BCUT2D eigenvalue weighted by atomic mass is 9.77. The Labute approximate surface area is 273 Å². The molecule has 2 heterocycles. The summed E-state index contributed by atoms with van der Waals surface area (Å²) < 4.78 is 17.2. The number of fused-ring (bicyclic) bond motifs is 1. The maximum absolute atomic E-state index is 15.2. The van der Waals surface area contributed by atoms with Crippen LogP contribution in [0.4, 0.5) is 10.2 Å². The molecule has 7 rings (SSSR count). The summed E-state index contributed by atoms with van der Waals surface area (Å²) >= 11 is 6.54. The van der Waals surface area contributed by atoms with Crippen molar-refractivity contribution in [3.63, 3.8) is 0 Å². The molecule has 0 aliphatic carbocycles. The van der Waals surface area contributed by atoms with Crippen molar-refractivity contribution >= 4 is 34.2 Å². The van der Waals surface area contributed by atoms with Gasteiger partial charge in [-0.2, -0.15) is 5.10 Å². The van der Waals surface area contributed by atoms with E-state index in [2.05, 4.69) is 53.7 Å². The molecular weight excluding hydrogens is 595 g/mol. The number of benzene rings is 5. The molecule has 6 aromatic rings. The number of carbonyl (C=O) groups is 1. The Kier molecular flexibility index (Phi) is 8.16. The zero-order valence-corrected chi connectivity index (χ0v) is 26.3. The summed E-state index contributed by atoms with van der Waals surface area (Å²) in [6.07, 6.45) is 1.55. The second-order valence-corrected chi connectivity index (χ2v) is 12.4. The Morgan fingerprint density at radius 2 is 1.37 bits per heavy atom. The van der Waals surface area contributed by atoms with Gasteiger partial charge < -0.3 is 10.2 Å². The number of aromatic nitrogens is 2. The fraction of sp³-hybridized carbons (Fsp3) is 0.179. The zero-order valence-electron chi connectivity index (χ0n) is 25.5. The van der Waals surface area contributed by atoms with E-state index < -0.39 is 11.4 Å². The molecule has 0 radical (unpaired) electrons. The standard InChI is InChI=1S/C39H34ClFN4O/c1-44-24-22-27(23-25-44)38(46)42-37-32-26-28(36-33(40)18-11-19-34(36)41)20-21-35(32)45(43-37)39(29-12-5-2-6-13-29,30-14-7-3-8-15-30)31-16-9-4-10-17-31/h2-21,26-27H,22-25H2,1H3,(H,42,43,46). The minimum absolute atomic E-state index is 0.0567. The molecule has 5 nitrogen and oxygen atoms in total.